The number of halogens is 2. The molecule has 1 aliphatic rings. The molecule has 1 N–H and O–H groups in total. The van der Waals surface area contributed by atoms with E-state index in [1.165, 1.54) is 0 Å². The molecule has 1 saturated heterocycles. The fraction of sp³-hybridized carbons (Fsp3) is 0.562. The Morgan fingerprint density at radius 2 is 2.08 bits per heavy atom. The Kier molecular flexibility index (Phi) is 9.91. The molecule has 0 aromatic heterocycles. The zero-order valence-electron chi connectivity index (χ0n) is 14.4. The summed E-state index contributed by atoms with van der Waals surface area (Å²) in [7, 11) is -1.59. The molecule has 25 heavy (non-hydrogen) atoms. The van der Waals surface area contributed by atoms with Crippen LogP contribution in [0.5, 0.6) is 0 Å². The van der Waals surface area contributed by atoms with Gasteiger partial charge in [0.25, 0.3) is 0 Å². The Labute approximate surface area is 176 Å². The molecule has 1 unspecified atom stereocenters. The van der Waals surface area contributed by atoms with Crippen LogP contribution in [0.4, 0.5) is 0 Å². The fourth-order valence-electron chi connectivity index (χ4n) is 2.55. The average Bonchev–Trinajstić information content (AvgIpc) is 2.59. The highest BCUT2D eigenvalue weighted by Gasteiger charge is 2.22. The minimum atomic E-state index is -3.33. The van der Waals surface area contributed by atoms with E-state index in [4.69, 9.17) is 11.6 Å². The Morgan fingerprint density at radius 1 is 1.40 bits per heavy atom. The molecule has 0 radical (unpaired) electrons. The molecule has 2 rings (SSSR count). The van der Waals surface area contributed by atoms with Gasteiger partial charge in [-0.2, -0.15) is 11.8 Å². The van der Waals surface area contributed by atoms with Gasteiger partial charge in [0.2, 0.25) is 0 Å². The summed E-state index contributed by atoms with van der Waals surface area (Å²) in [6.07, 6.45) is 1.13. The second-order valence-electron chi connectivity index (χ2n) is 5.59. The van der Waals surface area contributed by atoms with Crippen LogP contribution in [0, 0.1) is 0 Å². The van der Waals surface area contributed by atoms with Crippen molar-refractivity contribution >= 4 is 63.1 Å². The first-order valence-electron chi connectivity index (χ1n) is 8.01. The normalized spacial score (nSPS) is 18.6. The summed E-state index contributed by atoms with van der Waals surface area (Å²) in [6.45, 7) is 4.41. The van der Waals surface area contributed by atoms with Crippen LogP contribution in [0.3, 0.4) is 0 Å². The van der Waals surface area contributed by atoms with E-state index >= 15 is 0 Å². The van der Waals surface area contributed by atoms with Gasteiger partial charge in [0, 0.05) is 42.7 Å². The van der Waals surface area contributed by atoms with Crippen molar-refractivity contribution in [1.29, 1.82) is 0 Å². The van der Waals surface area contributed by atoms with Gasteiger partial charge in [0.15, 0.2) is 15.8 Å². The van der Waals surface area contributed by atoms with Crippen LogP contribution >= 0.6 is 47.3 Å². The first-order chi connectivity index (χ1) is 11.5. The van der Waals surface area contributed by atoms with Crippen molar-refractivity contribution in [3.05, 3.63) is 29.3 Å². The van der Waals surface area contributed by atoms with Crippen LogP contribution in [0.1, 0.15) is 13.3 Å². The largest absolute Gasteiger partial charge is 0.355 e. The van der Waals surface area contributed by atoms with Gasteiger partial charge in [-0.15, -0.1) is 24.0 Å². The van der Waals surface area contributed by atoms with E-state index in [1.807, 2.05) is 11.8 Å². The highest BCUT2D eigenvalue weighted by atomic mass is 127. The molecule has 0 saturated carbocycles. The first kappa shape index (κ1) is 22.9. The summed E-state index contributed by atoms with van der Waals surface area (Å²) in [5, 5.41) is 4.32. The third-order valence-electron chi connectivity index (χ3n) is 3.93. The number of aliphatic imine (C=N–C) groups is 1. The second-order valence-corrected chi connectivity index (χ2v) is 9.55. The summed E-state index contributed by atoms with van der Waals surface area (Å²) in [6, 6.07) is 6.27. The molecule has 5 nitrogen and oxygen atoms in total. The van der Waals surface area contributed by atoms with Gasteiger partial charge < -0.3 is 10.2 Å². The van der Waals surface area contributed by atoms with Crippen molar-refractivity contribution in [2.75, 3.05) is 38.2 Å². The predicted octanol–water partition coefficient (Wildman–Crippen LogP) is 3.13. The molecule has 1 fully saturated rings. The summed E-state index contributed by atoms with van der Waals surface area (Å²) in [5.74, 6) is 1.87. The Balaban J connectivity index is 0.00000312. The highest BCUT2D eigenvalue weighted by molar-refractivity contribution is 14.0. The molecule has 1 atom stereocenters. The molecule has 1 aromatic carbocycles. The third-order valence-corrected chi connectivity index (χ3v) is 7.29. The summed E-state index contributed by atoms with van der Waals surface area (Å²) in [4.78, 5) is 6.80. The van der Waals surface area contributed by atoms with Crippen molar-refractivity contribution < 1.29 is 8.42 Å². The van der Waals surface area contributed by atoms with Crippen molar-refractivity contribution in [3.63, 3.8) is 0 Å². The Bertz CT molecular complexity index is 668. The standard InChI is InChI=1S/C16H24ClN3O2S2.HI/c1-3-14-12-20(9-10-23-14)16(18-2)19-8-11-24(21,22)15-6-4-13(17)5-7-15;/h4-7,14H,3,8-12H2,1-2H3,(H,18,19);1H. The van der Waals surface area contributed by atoms with Crippen molar-refractivity contribution in [2.24, 2.45) is 4.99 Å². The quantitative estimate of drug-likeness (QED) is 0.369. The smallest absolute Gasteiger partial charge is 0.193 e. The highest BCUT2D eigenvalue weighted by Crippen LogP contribution is 2.21. The average molecular weight is 518 g/mol. The second kappa shape index (κ2) is 10.8. The van der Waals surface area contributed by atoms with Crippen molar-refractivity contribution in [2.45, 2.75) is 23.5 Å². The van der Waals surface area contributed by atoms with Gasteiger partial charge in [-0.25, -0.2) is 8.42 Å². The number of hydrogen-bond acceptors (Lipinski definition) is 4. The number of nitrogens with zero attached hydrogens (tertiary/aromatic N) is 2. The molecule has 1 aliphatic heterocycles. The number of guanidine groups is 1. The van der Waals surface area contributed by atoms with Crippen LogP contribution in [-0.2, 0) is 9.84 Å². The van der Waals surface area contributed by atoms with E-state index in [0.29, 0.717) is 21.7 Å². The SMILES string of the molecule is CCC1CN(C(=NC)NCCS(=O)(=O)c2ccc(Cl)cc2)CCS1.I. The monoisotopic (exact) mass is 517 g/mol. The molecular formula is C16H25ClIN3O2S2. The number of benzene rings is 1. The maximum Gasteiger partial charge on any atom is 0.193 e. The maximum absolute atomic E-state index is 12.3. The lowest BCUT2D eigenvalue weighted by molar-refractivity contribution is 0.409. The zero-order valence-corrected chi connectivity index (χ0v) is 19.2. The molecule has 1 heterocycles. The Hall–Kier alpha value is -0.190. The molecule has 0 amide bonds. The molecule has 1 aromatic rings. The number of thioether (sulfide) groups is 1. The molecule has 9 heteroatoms. The van der Waals surface area contributed by atoms with Crippen LogP contribution in [-0.4, -0.2) is 62.7 Å². The van der Waals surface area contributed by atoms with Gasteiger partial charge in [-0.05, 0) is 30.7 Å². The molecule has 0 bridgehead atoms. The lowest BCUT2D eigenvalue weighted by Crippen LogP contribution is -2.48. The number of sulfone groups is 1. The van der Waals surface area contributed by atoms with Crippen LogP contribution < -0.4 is 5.32 Å². The van der Waals surface area contributed by atoms with Crippen LogP contribution in [0.25, 0.3) is 0 Å². The minimum Gasteiger partial charge on any atom is -0.355 e. The lowest BCUT2D eigenvalue weighted by atomic mass is 10.3. The maximum atomic E-state index is 12.3. The predicted molar refractivity (Wildman–Crippen MR) is 118 cm³/mol. The van der Waals surface area contributed by atoms with Crippen molar-refractivity contribution in [3.8, 4) is 0 Å². The first-order valence-corrected chi connectivity index (χ1v) is 11.1. The zero-order chi connectivity index (χ0) is 17.6. The van der Waals surface area contributed by atoms with Gasteiger partial charge in [-0.1, -0.05) is 18.5 Å². The summed E-state index contributed by atoms with van der Waals surface area (Å²) in [5.41, 5.74) is 0. The molecule has 142 valence electrons. The van der Waals surface area contributed by atoms with Gasteiger partial charge in [0.1, 0.15) is 0 Å². The summed E-state index contributed by atoms with van der Waals surface area (Å²) >= 11 is 7.80. The summed E-state index contributed by atoms with van der Waals surface area (Å²) < 4.78 is 24.7. The van der Waals surface area contributed by atoms with E-state index in [1.54, 1.807) is 31.3 Å². The van der Waals surface area contributed by atoms with E-state index in [-0.39, 0.29) is 29.7 Å². The van der Waals surface area contributed by atoms with Crippen LogP contribution in [0.2, 0.25) is 5.02 Å². The molecule has 0 spiro atoms. The van der Waals surface area contributed by atoms with E-state index in [2.05, 4.69) is 22.1 Å². The van der Waals surface area contributed by atoms with Crippen molar-refractivity contribution in [1.82, 2.24) is 10.2 Å². The Morgan fingerprint density at radius 3 is 2.68 bits per heavy atom. The van der Waals surface area contributed by atoms with Gasteiger partial charge >= 0.3 is 0 Å². The number of hydrogen-bond donors (Lipinski definition) is 1. The van der Waals surface area contributed by atoms with Crippen LogP contribution in [0.15, 0.2) is 34.2 Å². The fourth-order valence-corrected chi connectivity index (χ4v) is 5.01. The number of nitrogens with one attached hydrogen (secondary N) is 1. The lowest BCUT2D eigenvalue weighted by Gasteiger charge is -2.34. The molecular weight excluding hydrogens is 493 g/mol. The van der Waals surface area contributed by atoms with E-state index in [9.17, 15) is 8.42 Å². The third kappa shape index (κ3) is 6.80. The topological polar surface area (TPSA) is 61.8 Å². The number of rotatable bonds is 5. The van der Waals surface area contributed by atoms with E-state index < -0.39 is 9.84 Å². The molecule has 0 aliphatic carbocycles. The minimum absolute atomic E-state index is 0. The van der Waals surface area contributed by atoms with Gasteiger partial charge in [-0.3, -0.25) is 4.99 Å². The van der Waals surface area contributed by atoms with E-state index in [0.717, 1.165) is 31.2 Å². The van der Waals surface area contributed by atoms with Gasteiger partial charge in [0.05, 0.1) is 10.6 Å².